The van der Waals surface area contributed by atoms with Gasteiger partial charge in [0.15, 0.2) is 6.10 Å². The van der Waals surface area contributed by atoms with Crippen LogP contribution in [0.15, 0.2) is 109 Å². The second-order valence-corrected chi connectivity index (χ2v) is 19.0. The molecule has 0 aromatic heterocycles. The third kappa shape index (κ3) is 55.0. The molecule has 0 aliphatic rings. The minimum absolute atomic E-state index is 0.108. The van der Waals surface area contributed by atoms with Gasteiger partial charge in [-0.3, -0.25) is 14.4 Å². The maximum absolute atomic E-state index is 12.8. The van der Waals surface area contributed by atoms with E-state index in [0.29, 0.717) is 19.3 Å². The molecule has 0 bridgehead atoms. The van der Waals surface area contributed by atoms with Crippen LogP contribution in [0.4, 0.5) is 0 Å². The highest BCUT2D eigenvalue weighted by Crippen LogP contribution is 2.14. The Morgan fingerprint density at radius 3 is 0.943 bits per heavy atom. The molecule has 1 unspecified atom stereocenters. The Labute approximate surface area is 431 Å². The number of hydrogen-bond acceptors (Lipinski definition) is 6. The summed E-state index contributed by atoms with van der Waals surface area (Å²) in [6, 6.07) is 0. The highest BCUT2D eigenvalue weighted by atomic mass is 16.6. The van der Waals surface area contributed by atoms with E-state index in [9.17, 15) is 14.4 Å². The normalized spacial score (nSPS) is 12.9. The third-order valence-corrected chi connectivity index (χ3v) is 12.2. The van der Waals surface area contributed by atoms with Gasteiger partial charge in [-0.15, -0.1) is 0 Å². The molecule has 0 saturated heterocycles. The number of esters is 3. The second kappa shape index (κ2) is 57.6. The molecule has 0 aliphatic carbocycles. The van der Waals surface area contributed by atoms with Gasteiger partial charge in [-0.25, -0.2) is 0 Å². The lowest BCUT2D eigenvalue weighted by Crippen LogP contribution is -2.30. The van der Waals surface area contributed by atoms with Crippen LogP contribution < -0.4 is 0 Å². The maximum Gasteiger partial charge on any atom is 0.306 e. The van der Waals surface area contributed by atoms with Gasteiger partial charge in [0.2, 0.25) is 0 Å². The predicted octanol–water partition coefficient (Wildman–Crippen LogP) is 19.5. The molecular weight excluding hydrogens is 865 g/mol. The largest absolute Gasteiger partial charge is 0.462 e. The number of ether oxygens (including phenoxy) is 3. The van der Waals surface area contributed by atoms with Crippen LogP contribution in [-0.2, 0) is 28.6 Å². The number of allylic oxidation sites excluding steroid dienone is 18. The summed E-state index contributed by atoms with van der Waals surface area (Å²) in [5.41, 5.74) is 0. The summed E-state index contributed by atoms with van der Waals surface area (Å²) >= 11 is 0. The van der Waals surface area contributed by atoms with Gasteiger partial charge in [-0.2, -0.15) is 0 Å². The lowest BCUT2D eigenvalue weighted by Gasteiger charge is -2.18. The van der Waals surface area contributed by atoms with Crippen molar-refractivity contribution in [2.75, 3.05) is 13.2 Å². The Balaban J connectivity index is 4.52. The predicted molar refractivity (Wildman–Crippen MR) is 302 cm³/mol. The minimum Gasteiger partial charge on any atom is -0.462 e. The summed E-state index contributed by atoms with van der Waals surface area (Å²) in [7, 11) is 0. The molecule has 6 heteroatoms. The number of hydrogen-bond donors (Lipinski definition) is 0. The highest BCUT2D eigenvalue weighted by molar-refractivity contribution is 5.71. The summed E-state index contributed by atoms with van der Waals surface area (Å²) in [5.74, 6) is -0.983. The monoisotopic (exact) mass is 971 g/mol. The van der Waals surface area contributed by atoms with Crippen LogP contribution in [0.5, 0.6) is 0 Å². The van der Waals surface area contributed by atoms with Crippen LogP contribution in [0, 0.1) is 0 Å². The van der Waals surface area contributed by atoms with Crippen molar-refractivity contribution in [3.8, 4) is 0 Å². The summed E-state index contributed by atoms with van der Waals surface area (Å²) < 4.78 is 16.8. The van der Waals surface area contributed by atoms with Gasteiger partial charge in [0.25, 0.3) is 0 Å². The molecule has 0 spiro atoms. The Kier molecular flexibility index (Phi) is 54.4. The van der Waals surface area contributed by atoms with Crippen LogP contribution >= 0.6 is 0 Å². The Bertz CT molecular complexity index is 1440. The van der Waals surface area contributed by atoms with Gasteiger partial charge in [0.1, 0.15) is 13.2 Å². The molecule has 0 aromatic rings. The molecule has 0 aliphatic heterocycles. The maximum atomic E-state index is 12.8. The van der Waals surface area contributed by atoms with Crippen molar-refractivity contribution in [1.29, 1.82) is 0 Å². The molecular formula is C64H106O6. The van der Waals surface area contributed by atoms with Gasteiger partial charge in [0, 0.05) is 19.3 Å². The number of rotatable bonds is 51. The second-order valence-electron chi connectivity index (χ2n) is 19.0. The van der Waals surface area contributed by atoms with Crippen molar-refractivity contribution in [3.63, 3.8) is 0 Å². The minimum atomic E-state index is -0.817. The van der Waals surface area contributed by atoms with E-state index in [-0.39, 0.29) is 37.5 Å². The zero-order valence-electron chi connectivity index (χ0n) is 45.5. The van der Waals surface area contributed by atoms with Crippen molar-refractivity contribution >= 4 is 17.9 Å². The van der Waals surface area contributed by atoms with E-state index in [4.69, 9.17) is 14.2 Å². The summed E-state index contributed by atoms with van der Waals surface area (Å²) in [4.78, 5) is 38.2. The fourth-order valence-corrected chi connectivity index (χ4v) is 7.81. The zero-order valence-corrected chi connectivity index (χ0v) is 45.5. The Morgan fingerprint density at radius 1 is 0.300 bits per heavy atom. The summed E-state index contributed by atoms with van der Waals surface area (Å²) in [5, 5.41) is 0. The van der Waals surface area contributed by atoms with Crippen LogP contribution in [-0.4, -0.2) is 37.2 Å². The average molecular weight is 972 g/mol. The van der Waals surface area contributed by atoms with E-state index in [1.54, 1.807) is 0 Å². The lowest BCUT2D eigenvalue weighted by atomic mass is 10.1. The molecule has 0 radical (unpaired) electrons. The fraction of sp³-hybridized carbons (Fsp3) is 0.672. The molecule has 0 rings (SSSR count). The molecule has 0 saturated carbocycles. The molecule has 398 valence electrons. The molecule has 0 N–H and O–H groups in total. The first kappa shape index (κ1) is 66.1. The van der Waals surface area contributed by atoms with Crippen molar-refractivity contribution < 1.29 is 28.6 Å². The van der Waals surface area contributed by atoms with Gasteiger partial charge in [-0.05, 0) is 89.9 Å². The van der Waals surface area contributed by atoms with E-state index in [0.717, 1.165) is 77.0 Å². The SMILES string of the molecule is CC\C=C/C=C\C=C/C=C\C=C\C=C/CCCCCC(=O)OC(COC(=O)CCCCC/C=C\C=C/CCCCCCCCC)COC(=O)CCCCCCCCC/C=C\CCCCCCCCCC. The van der Waals surface area contributed by atoms with Crippen LogP contribution in [0.2, 0.25) is 0 Å². The molecule has 6 nitrogen and oxygen atoms in total. The van der Waals surface area contributed by atoms with E-state index in [1.165, 1.54) is 135 Å². The van der Waals surface area contributed by atoms with Crippen molar-refractivity contribution in [2.24, 2.45) is 0 Å². The molecule has 0 heterocycles. The van der Waals surface area contributed by atoms with Gasteiger partial charge in [-0.1, -0.05) is 259 Å². The first-order valence-corrected chi connectivity index (χ1v) is 29.0. The molecule has 0 amide bonds. The topological polar surface area (TPSA) is 78.9 Å². The smallest absolute Gasteiger partial charge is 0.306 e. The van der Waals surface area contributed by atoms with Gasteiger partial charge in [0.05, 0.1) is 0 Å². The zero-order chi connectivity index (χ0) is 50.7. The van der Waals surface area contributed by atoms with Gasteiger partial charge >= 0.3 is 17.9 Å². The van der Waals surface area contributed by atoms with Crippen molar-refractivity contribution in [2.45, 2.75) is 264 Å². The number of unbranched alkanes of at least 4 members (excludes halogenated alkanes) is 28. The van der Waals surface area contributed by atoms with E-state index in [1.807, 2.05) is 60.8 Å². The quantitative estimate of drug-likeness (QED) is 0.0199. The highest BCUT2D eigenvalue weighted by Gasteiger charge is 2.19. The average Bonchev–Trinajstić information content (AvgIpc) is 3.36. The first-order chi connectivity index (χ1) is 34.5. The van der Waals surface area contributed by atoms with Crippen LogP contribution in [0.1, 0.15) is 258 Å². The molecule has 0 fully saturated rings. The summed E-state index contributed by atoms with van der Waals surface area (Å²) in [6.45, 7) is 6.43. The van der Waals surface area contributed by atoms with Crippen LogP contribution in [0.3, 0.4) is 0 Å². The number of carbonyl (C=O) groups excluding carboxylic acids is 3. The van der Waals surface area contributed by atoms with E-state index in [2.05, 4.69) is 69.4 Å². The van der Waals surface area contributed by atoms with Crippen molar-refractivity contribution in [3.05, 3.63) is 109 Å². The molecule has 0 aromatic carbocycles. The first-order valence-electron chi connectivity index (χ1n) is 29.0. The van der Waals surface area contributed by atoms with E-state index >= 15 is 0 Å². The standard InChI is InChI=1S/C64H106O6/c1-4-7-10-13-16-19-22-25-28-31-32-34-36-39-42-45-48-51-54-57-63(66)69-60-61(59-68-62(65)56-53-50-47-44-41-38-35-30-27-24-21-18-15-12-9-6-3)70-64(67)58-55-52-49-46-43-40-37-33-29-26-23-20-17-14-11-8-5-2/h8,11,14,17,20,23,26,29-33,35,37-38,40-41,43,61H,4-7,9-10,12-13,15-16,18-19,21-22,24-25,27-28,34,36,39,42,44-60H2,1-3H3/b11-8-,17-14-,23-20-,29-26-,32-31-,35-30-,37-33+,41-38-,43-40-. The molecule has 1 atom stereocenters. The Hall–Kier alpha value is -3.93. The molecule has 70 heavy (non-hydrogen) atoms. The van der Waals surface area contributed by atoms with Gasteiger partial charge < -0.3 is 14.2 Å². The van der Waals surface area contributed by atoms with Crippen molar-refractivity contribution in [1.82, 2.24) is 0 Å². The Morgan fingerprint density at radius 2 is 0.571 bits per heavy atom. The summed E-state index contributed by atoms with van der Waals surface area (Å²) in [6.07, 6.45) is 77.9. The third-order valence-electron chi connectivity index (χ3n) is 12.2. The lowest BCUT2D eigenvalue weighted by molar-refractivity contribution is -0.167. The number of carbonyl (C=O) groups is 3. The van der Waals surface area contributed by atoms with E-state index < -0.39 is 6.10 Å². The fourth-order valence-electron chi connectivity index (χ4n) is 7.81. The van der Waals surface area contributed by atoms with Crippen LogP contribution in [0.25, 0.3) is 0 Å².